The number of nitrogens with one attached hydrogen (secondary N) is 2. The van der Waals surface area contributed by atoms with E-state index in [0.717, 1.165) is 68.1 Å². The molecule has 0 amide bonds. The second kappa shape index (κ2) is 12.0. The van der Waals surface area contributed by atoms with Crippen LogP contribution in [0.25, 0.3) is 11.3 Å². The largest absolute Gasteiger partial charge is 0.381 e. The molecule has 2 aliphatic heterocycles. The van der Waals surface area contributed by atoms with Crippen molar-refractivity contribution in [3.63, 3.8) is 0 Å². The summed E-state index contributed by atoms with van der Waals surface area (Å²) in [5.41, 5.74) is 1.21. The first kappa shape index (κ1) is 26.2. The first-order valence-corrected chi connectivity index (χ1v) is 13.8. The average molecular weight is 525 g/mol. The van der Waals surface area contributed by atoms with E-state index in [0.29, 0.717) is 43.0 Å². The molecule has 3 fully saturated rings. The Kier molecular flexibility index (Phi) is 8.46. The van der Waals surface area contributed by atoms with Gasteiger partial charge < -0.3 is 20.1 Å². The van der Waals surface area contributed by atoms with Crippen LogP contribution in [-0.4, -0.2) is 73.0 Å². The molecular formula is C28H37ClN6O2. The highest BCUT2D eigenvalue weighted by molar-refractivity contribution is 6.33. The maximum absolute atomic E-state index is 9.74. The third-order valence-electron chi connectivity index (χ3n) is 8.25. The number of nitriles is 1. The maximum atomic E-state index is 9.74. The Morgan fingerprint density at radius 1 is 1.19 bits per heavy atom. The molecule has 2 aromatic rings. The van der Waals surface area contributed by atoms with Gasteiger partial charge in [-0.3, -0.25) is 4.90 Å². The first-order chi connectivity index (χ1) is 18.1. The normalized spacial score (nSPS) is 25.9. The second-order valence-corrected chi connectivity index (χ2v) is 11.0. The third-order valence-corrected chi connectivity index (χ3v) is 8.55. The topological polar surface area (TPSA) is 95.3 Å². The molecular weight excluding hydrogens is 488 g/mol. The van der Waals surface area contributed by atoms with Gasteiger partial charge in [-0.15, -0.1) is 0 Å². The molecule has 1 aliphatic carbocycles. The summed E-state index contributed by atoms with van der Waals surface area (Å²) < 4.78 is 11.0. The van der Waals surface area contributed by atoms with E-state index in [4.69, 9.17) is 26.1 Å². The predicted molar refractivity (Wildman–Crippen MR) is 146 cm³/mol. The molecule has 4 heterocycles. The number of pyridine rings is 2. The quantitative estimate of drug-likeness (QED) is 0.499. The van der Waals surface area contributed by atoms with Crippen molar-refractivity contribution < 1.29 is 9.47 Å². The summed E-state index contributed by atoms with van der Waals surface area (Å²) in [6, 6.07) is 11.4. The molecule has 8 nitrogen and oxygen atoms in total. The number of nitrogens with zero attached hydrogens (tertiary/aromatic N) is 4. The zero-order chi connectivity index (χ0) is 25.7. The molecule has 198 valence electrons. The molecule has 0 aromatic carbocycles. The van der Waals surface area contributed by atoms with Crippen LogP contribution < -0.4 is 10.6 Å². The molecule has 0 radical (unpaired) electrons. The number of methoxy groups -OCH3 is 1. The van der Waals surface area contributed by atoms with Crippen LogP contribution in [0.2, 0.25) is 5.02 Å². The van der Waals surface area contributed by atoms with E-state index in [1.807, 2.05) is 31.4 Å². The molecule has 9 heteroatoms. The van der Waals surface area contributed by atoms with Crippen molar-refractivity contribution in [1.29, 1.82) is 5.26 Å². The lowest BCUT2D eigenvalue weighted by Gasteiger charge is -2.35. The van der Waals surface area contributed by atoms with Gasteiger partial charge in [0.2, 0.25) is 0 Å². The molecule has 2 saturated heterocycles. The molecule has 37 heavy (non-hydrogen) atoms. The lowest BCUT2D eigenvalue weighted by Crippen LogP contribution is -2.39. The number of halogens is 1. The van der Waals surface area contributed by atoms with Crippen molar-refractivity contribution >= 4 is 23.2 Å². The number of ether oxygens (including phenoxy) is 2. The molecule has 1 saturated carbocycles. The van der Waals surface area contributed by atoms with Crippen LogP contribution >= 0.6 is 11.6 Å². The fraction of sp³-hybridized carbons (Fsp3) is 0.607. The zero-order valence-corrected chi connectivity index (χ0v) is 22.3. The fourth-order valence-electron chi connectivity index (χ4n) is 5.82. The molecule has 0 unspecified atom stereocenters. The Labute approximate surface area is 224 Å². The van der Waals surface area contributed by atoms with Crippen molar-refractivity contribution in [1.82, 2.24) is 14.9 Å². The molecule has 2 aromatic heterocycles. The van der Waals surface area contributed by atoms with Gasteiger partial charge in [0.1, 0.15) is 11.6 Å². The third kappa shape index (κ3) is 6.35. The highest BCUT2D eigenvalue weighted by Gasteiger charge is 2.33. The van der Waals surface area contributed by atoms with Crippen LogP contribution in [0.3, 0.4) is 0 Å². The minimum absolute atomic E-state index is 0.393. The molecule has 5 rings (SSSR count). The van der Waals surface area contributed by atoms with Crippen LogP contribution in [0.5, 0.6) is 0 Å². The lowest BCUT2D eigenvalue weighted by molar-refractivity contribution is 0.0455. The highest BCUT2D eigenvalue weighted by Crippen LogP contribution is 2.33. The number of aromatic nitrogens is 2. The van der Waals surface area contributed by atoms with Gasteiger partial charge in [-0.25, -0.2) is 9.97 Å². The maximum Gasteiger partial charge on any atom is 0.126 e. The lowest BCUT2D eigenvalue weighted by atomic mass is 9.82. The van der Waals surface area contributed by atoms with Gasteiger partial charge in [0.25, 0.3) is 0 Å². The summed E-state index contributed by atoms with van der Waals surface area (Å²) in [6.07, 6.45) is 9.34. The molecule has 1 atom stereocenters. The van der Waals surface area contributed by atoms with E-state index < -0.39 is 5.41 Å². The SMILES string of the molecule is CO[C@H]1CCN([C@H]2CC[C@H](Nc3cc(-c4cccc(NCC5(C#N)CCOCC5)n4)c(Cl)cn3)CC2)C1. The Hall–Kier alpha value is -2.44. The van der Waals surface area contributed by atoms with Gasteiger partial charge in [0.15, 0.2) is 0 Å². The van der Waals surface area contributed by atoms with Crippen LogP contribution in [0, 0.1) is 16.7 Å². The second-order valence-electron chi connectivity index (χ2n) is 10.6. The number of hydrogen-bond acceptors (Lipinski definition) is 8. The summed E-state index contributed by atoms with van der Waals surface area (Å²) in [5.74, 6) is 1.56. The first-order valence-electron chi connectivity index (χ1n) is 13.5. The summed E-state index contributed by atoms with van der Waals surface area (Å²) in [4.78, 5) is 12.0. The van der Waals surface area contributed by atoms with Crippen molar-refractivity contribution in [2.75, 3.05) is 50.6 Å². The minimum atomic E-state index is -0.416. The van der Waals surface area contributed by atoms with Gasteiger partial charge in [-0.05, 0) is 63.1 Å². The van der Waals surface area contributed by atoms with Crippen molar-refractivity contribution in [2.24, 2.45) is 5.41 Å². The zero-order valence-electron chi connectivity index (χ0n) is 21.6. The Bertz CT molecular complexity index is 1090. The number of rotatable bonds is 8. The fourth-order valence-corrected chi connectivity index (χ4v) is 6.02. The Morgan fingerprint density at radius 2 is 2.00 bits per heavy atom. The van der Waals surface area contributed by atoms with Crippen LogP contribution in [0.4, 0.5) is 11.6 Å². The van der Waals surface area contributed by atoms with Crippen LogP contribution in [0.15, 0.2) is 30.5 Å². The summed E-state index contributed by atoms with van der Waals surface area (Å²) >= 11 is 6.56. The van der Waals surface area contributed by atoms with Gasteiger partial charge >= 0.3 is 0 Å². The highest BCUT2D eigenvalue weighted by atomic mass is 35.5. The van der Waals surface area contributed by atoms with E-state index >= 15 is 0 Å². The van der Waals surface area contributed by atoms with E-state index in [-0.39, 0.29) is 0 Å². The van der Waals surface area contributed by atoms with E-state index in [2.05, 4.69) is 26.6 Å². The van der Waals surface area contributed by atoms with Gasteiger partial charge in [0.05, 0.1) is 28.3 Å². The van der Waals surface area contributed by atoms with Gasteiger partial charge in [-0.2, -0.15) is 5.26 Å². The average Bonchev–Trinajstić information content (AvgIpc) is 3.44. The van der Waals surface area contributed by atoms with Crippen LogP contribution in [-0.2, 0) is 9.47 Å². The van der Waals surface area contributed by atoms with Crippen LogP contribution in [0.1, 0.15) is 44.9 Å². The summed E-state index contributed by atoms with van der Waals surface area (Å²) in [5, 5.41) is 17.3. The molecule has 2 N–H and O–H groups in total. The van der Waals surface area contributed by atoms with Gasteiger partial charge in [0, 0.05) is 63.8 Å². The van der Waals surface area contributed by atoms with E-state index in [1.165, 1.54) is 12.8 Å². The number of likely N-dealkylation sites (tertiary alicyclic amines) is 1. The number of anilines is 2. The van der Waals surface area contributed by atoms with E-state index in [1.54, 1.807) is 6.20 Å². The molecule has 0 spiro atoms. The molecule has 0 bridgehead atoms. The van der Waals surface area contributed by atoms with Crippen molar-refractivity contribution in [2.45, 2.75) is 63.1 Å². The molecule has 3 aliphatic rings. The summed E-state index contributed by atoms with van der Waals surface area (Å²) in [7, 11) is 1.82. The minimum Gasteiger partial charge on any atom is -0.381 e. The smallest absolute Gasteiger partial charge is 0.126 e. The van der Waals surface area contributed by atoms with Crippen molar-refractivity contribution in [3.05, 3.63) is 35.5 Å². The van der Waals surface area contributed by atoms with Gasteiger partial charge in [-0.1, -0.05) is 17.7 Å². The van der Waals surface area contributed by atoms with Crippen molar-refractivity contribution in [3.8, 4) is 17.3 Å². The Balaban J connectivity index is 1.20. The predicted octanol–water partition coefficient (Wildman–Crippen LogP) is 4.97. The standard InChI is InChI=1S/C28H37ClN6O2/c1-36-22-9-12-35(17-22)21-7-5-20(6-8-21)33-27-15-23(24(29)16-31-27)25-3-2-4-26(34-25)32-19-28(18-30)10-13-37-14-11-28/h2-4,15-16,20-22H,5-14,17,19H2,1H3,(H,31,33)(H,32,34)/t20-,21-,22-/m0/s1. The van der Waals surface area contributed by atoms with E-state index in [9.17, 15) is 5.26 Å². The summed E-state index contributed by atoms with van der Waals surface area (Å²) in [6.45, 7) is 4.01. The Morgan fingerprint density at radius 3 is 2.73 bits per heavy atom. The monoisotopic (exact) mass is 524 g/mol. The number of hydrogen-bond donors (Lipinski definition) is 2.